The first-order valence-electron chi connectivity index (χ1n) is 9.96. The highest BCUT2D eigenvalue weighted by atomic mass is 16.2. The molecule has 1 aliphatic rings. The first-order valence-corrected chi connectivity index (χ1v) is 9.96. The maximum Gasteiger partial charge on any atom is 0.272 e. The zero-order valence-electron chi connectivity index (χ0n) is 18.1. The van der Waals surface area contributed by atoms with Crippen molar-refractivity contribution in [2.24, 2.45) is 5.41 Å². The minimum atomic E-state index is -0.695. The Kier molecular flexibility index (Phi) is 5.94. The Hall–Kier alpha value is -3.18. The van der Waals surface area contributed by atoms with E-state index < -0.39 is 11.5 Å². The lowest BCUT2D eigenvalue weighted by Gasteiger charge is -2.30. The number of imidazole rings is 1. The fraction of sp³-hybridized carbons (Fsp3) is 0.455. The molecule has 8 nitrogen and oxygen atoms in total. The summed E-state index contributed by atoms with van der Waals surface area (Å²) in [5.74, 6) is 0.0378. The lowest BCUT2D eigenvalue weighted by atomic mass is 9.86. The van der Waals surface area contributed by atoms with E-state index in [-0.39, 0.29) is 11.8 Å². The number of carbonyl (C=O) groups is 2. The van der Waals surface area contributed by atoms with Gasteiger partial charge in [0.25, 0.3) is 5.91 Å². The standard InChI is InChI=1S/C22H28N6O2/c1-22(2,3)18(21(30)24-4)26-20(29)17-16-13-27(5)9-10-28(16)19(25-17)15-8-6-7-14(11-15)12-23/h6-8,11,18H,9-10,13H2,1-5H3,(H,24,30)(H,26,29). The second-order valence-electron chi connectivity index (χ2n) is 8.70. The first kappa shape index (κ1) is 21.5. The average Bonchev–Trinajstić information content (AvgIpc) is 3.09. The fourth-order valence-electron chi connectivity index (χ4n) is 3.64. The van der Waals surface area contributed by atoms with Gasteiger partial charge < -0.3 is 15.2 Å². The minimum absolute atomic E-state index is 0.247. The Labute approximate surface area is 176 Å². The molecule has 1 aromatic carbocycles. The highest BCUT2D eigenvalue weighted by Gasteiger charge is 2.35. The zero-order valence-corrected chi connectivity index (χ0v) is 18.1. The monoisotopic (exact) mass is 408 g/mol. The summed E-state index contributed by atoms with van der Waals surface area (Å²) in [6.45, 7) is 7.82. The second kappa shape index (κ2) is 8.28. The predicted molar refractivity (Wildman–Crippen MR) is 113 cm³/mol. The van der Waals surface area contributed by atoms with Crippen LogP contribution in [0.25, 0.3) is 11.4 Å². The van der Waals surface area contributed by atoms with Gasteiger partial charge in [-0.05, 0) is 24.6 Å². The van der Waals surface area contributed by atoms with Crippen LogP contribution in [0, 0.1) is 16.7 Å². The summed E-state index contributed by atoms with van der Waals surface area (Å²) in [6.07, 6.45) is 0. The van der Waals surface area contributed by atoms with Crippen LogP contribution in [-0.2, 0) is 17.9 Å². The molecule has 1 aliphatic heterocycles. The molecule has 0 radical (unpaired) electrons. The smallest absolute Gasteiger partial charge is 0.272 e. The largest absolute Gasteiger partial charge is 0.357 e. The number of aromatic nitrogens is 2. The van der Waals surface area contributed by atoms with E-state index in [0.717, 1.165) is 17.8 Å². The maximum absolute atomic E-state index is 13.2. The topological polar surface area (TPSA) is 103 Å². The predicted octanol–water partition coefficient (Wildman–Crippen LogP) is 1.76. The molecule has 2 heterocycles. The molecule has 0 fully saturated rings. The fourth-order valence-corrected chi connectivity index (χ4v) is 3.64. The molecule has 2 N–H and O–H groups in total. The molecule has 1 unspecified atom stereocenters. The number of nitrogens with zero attached hydrogens (tertiary/aromatic N) is 4. The molecule has 1 atom stereocenters. The van der Waals surface area contributed by atoms with Crippen LogP contribution in [0.2, 0.25) is 0 Å². The van der Waals surface area contributed by atoms with Gasteiger partial charge in [0.1, 0.15) is 11.9 Å². The molecular formula is C22H28N6O2. The van der Waals surface area contributed by atoms with Crippen molar-refractivity contribution in [3.05, 3.63) is 41.2 Å². The summed E-state index contributed by atoms with van der Waals surface area (Å²) in [6, 6.07) is 8.66. The van der Waals surface area contributed by atoms with Crippen molar-refractivity contribution >= 4 is 11.8 Å². The number of carbonyl (C=O) groups excluding carboxylic acids is 2. The third-order valence-corrected chi connectivity index (χ3v) is 5.31. The first-order chi connectivity index (χ1) is 14.2. The number of amides is 2. The van der Waals surface area contributed by atoms with Crippen molar-refractivity contribution in [1.82, 2.24) is 25.1 Å². The number of hydrogen-bond donors (Lipinski definition) is 2. The second-order valence-corrected chi connectivity index (χ2v) is 8.70. The number of nitrogens with one attached hydrogen (secondary N) is 2. The molecule has 0 saturated heterocycles. The van der Waals surface area contributed by atoms with E-state index in [2.05, 4.69) is 26.6 Å². The average molecular weight is 409 g/mol. The molecule has 2 aromatic rings. The van der Waals surface area contributed by atoms with Gasteiger partial charge in [0, 0.05) is 32.2 Å². The molecule has 158 valence electrons. The lowest BCUT2D eigenvalue weighted by molar-refractivity contribution is -0.124. The number of benzene rings is 1. The molecule has 0 bridgehead atoms. The van der Waals surface area contributed by atoms with E-state index >= 15 is 0 Å². The molecule has 3 rings (SSSR count). The number of nitriles is 1. The van der Waals surface area contributed by atoms with Gasteiger partial charge in [0.05, 0.1) is 17.3 Å². The van der Waals surface area contributed by atoms with Crippen molar-refractivity contribution < 1.29 is 9.59 Å². The van der Waals surface area contributed by atoms with Crippen LogP contribution in [0.15, 0.2) is 24.3 Å². The molecule has 0 saturated carbocycles. The summed E-state index contributed by atoms with van der Waals surface area (Å²) in [5.41, 5.74) is 1.99. The van der Waals surface area contributed by atoms with Crippen molar-refractivity contribution in [3.8, 4) is 17.5 Å². The molecule has 30 heavy (non-hydrogen) atoms. The summed E-state index contributed by atoms with van der Waals surface area (Å²) < 4.78 is 2.04. The highest BCUT2D eigenvalue weighted by Crippen LogP contribution is 2.27. The Morgan fingerprint density at radius 1 is 1.27 bits per heavy atom. The SMILES string of the molecule is CNC(=O)C(NC(=O)c1nc(-c2cccc(C#N)c2)n2c1CN(C)CC2)C(C)(C)C. The summed E-state index contributed by atoms with van der Waals surface area (Å²) in [5, 5.41) is 14.7. The number of fused-ring (bicyclic) bond motifs is 1. The normalized spacial score (nSPS) is 15.1. The maximum atomic E-state index is 13.2. The summed E-state index contributed by atoms with van der Waals surface area (Å²) >= 11 is 0. The van der Waals surface area contributed by atoms with Crippen molar-refractivity contribution in [3.63, 3.8) is 0 Å². The van der Waals surface area contributed by atoms with Crippen LogP contribution in [0.1, 0.15) is 42.5 Å². The molecule has 8 heteroatoms. The molecule has 1 aromatic heterocycles. The van der Waals surface area contributed by atoms with E-state index in [9.17, 15) is 14.9 Å². The van der Waals surface area contributed by atoms with Gasteiger partial charge in [-0.25, -0.2) is 4.98 Å². The van der Waals surface area contributed by atoms with Crippen molar-refractivity contribution in [2.45, 2.75) is 39.9 Å². The van der Waals surface area contributed by atoms with E-state index in [1.165, 1.54) is 0 Å². The van der Waals surface area contributed by atoms with Crippen molar-refractivity contribution in [2.75, 3.05) is 20.6 Å². The Balaban J connectivity index is 2.04. The van der Waals surface area contributed by atoms with Crippen LogP contribution >= 0.6 is 0 Å². The van der Waals surface area contributed by atoms with E-state index in [1.54, 1.807) is 19.2 Å². The summed E-state index contributed by atoms with van der Waals surface area (Å²) in [7, 11) is 3.55. The van der Waals surface area contributed by atoms with Gasteiger partial charge in [0.2, 0.25) is 5.91 Å². The molecular weight excluding hydrogens is 380 g/mol. The van der Waals surface area contributed by atoms with E-state index in [4.69, 9.17) is 0 Å². The van der Waals surface area contributed by atoms with Crippen LogP contribution in [0.4, 0.5) is 0 Å². The molecule has 0 aliphatic carbocycles. The van der Waals surface area contributed by atoms with Gasteiger partial charge in [-0.15, -0.1) is 0 Å². The van der Waals surface area contributed by atoms with Crippen molar-refractivity contribution in [1.29, 1.82) is 5.26 Å². The number of rotatable bonds is 4. The highest BCUT2D eigenvalue weighted by molar-refractivity contribution is 5.97. The van der Waals surface area contributed by atoms with E-state index in [0.29, 0.717) is 30.2 Å². The number of likely N-dealkylation sites (N-methyl/N-ethyl adjacent to an activating group) is 2. The van der Waals surface area contributed by atoms with Gasteiger partial charge >= 0.3 is 0 Å². The molecule has 0 spiro atoms. The van der Waals surface area contributed by atoms with Gasteiger partial charge in [0.15, 0.2) is 5.69 Å². The molecule has 2 amide bonds. The van der Waals surface area contributed by atoms with Gasteiger partial charge in [-0.3, -0.25) is 14.5 Å². The van der Waals surface area contributed by atoms with Crippen LogP contribution in [-0.4, -0.2) is 52.9 Å². The van der Waals surface area contributed by atoms with Crippen LogP contribution in [0.3, 0.4) is 0 Å². The Morgan fingerprint density at radius 2 is 2.00 bits per heavy atom. The van der Waals surface area contributed by atoms with E-state index in [1.807, 2.05) is 44.5 Å². The van der Waals surface area contributed by atoms with Gasteiger partial charge in [-0.2, -0.15) is 5.26 Å². The quantitative estimate of drug-likeness (QED) is 0.802. The Bertz CT molecular complexity index is 1010. The summed E-state index contributed by atoms with van der Waals surface area (Å²) in [4.78, 5) is 32.4. The third-order valence-electron chi connectivity index (χ3n) is 5.31. The van der Waals surface area contributed by atoms with Gasteiger partial charge in [-0.1, -0.05) is 32.9 Å². The zero-order chi connectivity index (χ0) is 22.1. The third kappa shape index (κ3) is 4.21. The number of hydrogen-bond acceptors (Lipinski definition) is 5. The van der Waals surface area contributed by atoms with Crippen LogP contribution < -0.4 is 10.6 Å². The van der Waals surface area contributed by atoms with Crippen LogP contribution in [0.5, 0.6) is 0 Å². The lowest BCUT2D eigenvalue weighted by Crippen LogP contribution is -2.53. The minimum Gasteiger partial charge on any atom is -0.357 e. The Morgan fingerprint density at radius 3 is 2.63 bits per heavy atom.